The molecular formula is C32H27F2N3O3. The van der Waals surface area contributed by atoms with Gasteiger partial charge < -0.3 is 10.0 Å². The van der Waals surface area contributed by atoms with Crippen LogP contribution >= 0.6 is 0 Å². The second-order valence-corrected chi connectivity index (χ2v) is 11.0. The topological polar surface area (TPSA) is 65.8 Å². The lowest BCUT2D eigenvalue weighted by Crippen LogP contribution is -2.63. The van der Waals surface area contributed by atoms with Gasteiger partial charge in [-0.1, -0.05) is 60.2 Å². The molecule has 1 aromatic heterocycles. The highest BCUT2D eigenvalue weighted by atomic mass is 19.2. The summed E-state index contributed by atoms with van der Waals surface area (Å²) in [6.07, 6.45) is 3.03. The molecule has 0 spiro atoms. The number of rotatable bonds is 4. The van der Waals surface area contributed by atoms with Crippen molar-refractivity contribution < 1.29 is 18.7 Å². The highest BCUT2D eigenvalue weighted by Crippen LogP contribution is 2.57. The van der Waals surface area contributed by atoms with Gasteiger partial charge in [0.2, 0.25) is 5.43 Å². The predicted octanol–water partition coefficient (Wildman–Crippen LogP) is 4.41. The number of hydrogen-bond donors (Lipinski definition) is 1. The number of fused-ring (bicyclic) bond motifs is 6. The third-order valence-corrected chi connectivity index (χ3v) is 8.81. The molecule has 0 bridgehead atoms. The van der Waals surface area contributed by atoms with Crippen LogP contribution in [-0.2, 0) is 24.8 Å². The summed E-state index contributed by atoms with van der Waals surface area (Å²) < 4.78 is 31.3. The van der Waals surface area contributed by atoms with Crippen molar-refractivity contribution in [2.75, 3.05) is 18.2 Å². The molecule has 2 unspecified atom stereocenters. The van der Waals surface area contributed by atoms with Gasteiger partial charge in [-0.05, 0) is 60.1 Å². The van der Waals surface area contributed by atoms with Crippen molar-refractivity contribution in [3.05, 3.63) is 134 Å². The van der Waals surface area contributed by atoms with Crippen molar-refractivity contribution in [3.8, 4) is 5.75 Å². The third kappa shape index (κ3) is 3.31. The first-order valence-corrected chi connectivity index (χ1v) is 13.4. The van der Waals surface area contributed by atoms with Crippen LogP contribution in [0.4, 0.5) is 8.78 Å². The van der Waals surface area contributed by atoms with Crippen LogP contribution in [0.15, 0.2) is 77.7 Å². The van der Waals surface area contributed by atoms with E-state index >= 15 is 4.39 Å². The molecule has 3 aromatic carbocycles. The molecule has 1 amide bonds. The largest absolute Gasteiger partial charge is 0.502 e. The molecule has 2 atom stereocenters. The van der Waals surface area contributed by atoms with Crippen molar-refractivity contribution in [2.24, 2.45) is 5.92 Å². The molecule has 6 nitrogen and oxygen atoms in total. The Bertz CT molecular complexity index is 1770. The number of nitrogens with zero attached hydrogens (tertiary/aromatic N) is 3. The Labute approximate surface area is 229 Å². The number of benzene rings is 3. The number of aromatic nitrogens is 1. The Balaban J connectivity index is 1.43. The second-order valence-electron chi connectivity index (χ2n) is 11.0. The zero-order valence-corrected chi connectivity index (χ0v) is 21.9. The zero-order valence-electron chi connectivity index (χ0n) is 21.9. The third-order valence-electron chi connectivity index (χ3n) is 8.81. The number of aryl methyl sites for hydroxylation is 1. The molecule has 0 fully saturated rings. The number of halogens is 2. The Morgan fingerprint density at radius 3 is 2.62 bits per heavy atom. The number of carbonyl (C=O) groups is 1. The molecule has 4 aromatic rings. The first-order chi connectivity index (χ1) is 19.3. The van der Waals surface area contributed by atoms with Gasteiger partial charge in [0.15, 0.2) is 23.1 Å². The Hall–Kier alpha value is -4.46. The first kappa shape index (κ1) is 24.6. The molecule has 202 valence electrons. The maximum absolute atomic E-state index is 15.3. The summed E-state index contributed by atoms with van der Waals surface area (Å²) in [5, 5.41) is 12.9. The van der Waals surface area contributed by atoms with E-state index in [4.69, 9.17) is 0 Å². The van der Waals surface area contributed by atoms with Crippen LogP contribution in [0.25, 0.3) is 0 Å². The summed E-state index contributed by atoms with van der Waals surface area (Å²) in [4.78, 5) is 28.0. The monoisotopic (exact) mass is 539 g/mol. The van der Waals surface area contributed by atoms with Gasteiger partial charge in [0, 0.05) is 24.7 Å². The summed E-state index contributed by atoms with van der Waals surface area (Å²) in [5.41, 5.74) is 3.45. The Morgan fingerprint density at radius 2 is 1.80 bits per heavy atom. The maximum Gasteiger partial charge on any atom is 0.277 e. The van der Waals surface area contributed by atoms with Gasteiger partial charge in [-0.3, -0.25) is 19.3 Å². The molecule has 1 N–H and O–H groups in total. The van der Waals surface area contributed by atoms with E-state index < -0.39 is 34.3 Å². The second kappa shape index (κ2) is 8.78. The van der Waals surface area contributed by atoms with Crippen molar-refractivity contribution in [3.63, 3.8) is 0 Å². The Kier molecular flexibility index (Phi) is 5.39. The minimum absolute atomic E-state index is 0.128. The first-order valence-electron chi connectivity index (χ1n) is 13.4. The van der Waals surface area contributed by atoms with Crippen LogP contribution in [0.3, 0.4) is 0 Å². The van der Waals surface area contributed by atoms with Crippen LogP contribution in [0, 0.1) is 24.5 Å². The molecule has 2 heterocycles. The fraction of sp³-hybridized carbons (Fsp3) is 0.250. The van der Waals surface area contributed by atoms with Crippen molar-refractivity contribution >= 4 is 5.91 Å². The molecule has 7 rings (SSSR count). The molecule has 0 saturated heterocycles. The number of pyridine rings is 1. The van der Waals surface area contributed by atoms with Gasteiger partial charge in [0.05, 0.1) is 0 Å². The molecule has 0 saturated carbocycles. The smallest absolute Gasteiger partial charge is 0.277 e. The van der Waals surface area contributed by atoms with Crippen LogP contribution in [-0.4, -0.2) is 33.8 Å². The van der Waals surface area contributed by atoms with Gasteiger partial charge in [-0.15, -0.1) is 0 Å². The highest BCUT2D eigenvalue weighted by molar-refractivity contribution is 5.96. The van der Waals surface area contributed by atoms with Crippen LogP contribution < -0.4 is 10.4 Å². The van der Waals surface area contributed by atoms with E-state index in [2.05, 4.69) is 6.07 Å². The summed E-state index contributed by atoms with van der Waals surface area (Å²) in [7, 11) is 0. The van der Waals surface area contributed by atoms with Crippen LogP contribution in [0.5, 0.6) is 5.75 Å². The fourth-order valence-electron chi connectivity index (χ4n) is 7.12. The summed E-state index contributed by atoms with van der Waals surface area (Å²) >= 11 is 0. The molecular weight excluding hydrogens is 512 g/mol. The van der Waals surface area contributed by atoms with Gasteiger partial charge in [0.1, 0.15) is 12.2 Å². The standard InChI is InChI=1S/C32H27F2N3O3/c1-19-5-4-6-20(15-19)11-13-35-18-37(36-14-12-27(38)30(39)29(36)31(35)40)32-22(16-21-7-2-3-8-24(21)32)17-23-25(32)9-10-26(33)28(23)34/h2-10,12,14-15,22,39H,11,13,16-18H2,1H3. The van der Waals surface area contributed by atoms with Crippen LogP contribution in [0.1, 0.15) is 43.9 Å². The average Bonchev–Trinajstić information content (AvgIpc) is 3.44. The van der Waals surface area contributed by atoms with E-state index in [-0.39, 0.29) is 18.3 Å². The van der Waals surface area contributed by atoms with E-state index in [1.54, 1.807) is 15.6 Å². The molecule has 2 aliphatic carbocycles. The lowest BCUT2D eigenvalue weighted by atomic mass is 9.81. The van der Waals surface area contributed by atoms with E-state index in [1.165, 1.54) is 12.3 Å². The molecule has 3 aliphatic rings. The van der Waals surface area contributed by atoms with E-state index in [1.807, 2.05) is 54.4 Å². The molecule has 40 heavy (non-hydrogen) atoms. The normalized spacial score (nSPS) is 20.8. The highest BCUT2D eigenvalue weighted by Gasteiger charge is 2.59. The molecule has 1 aliphatic heterocycles. The van der Waals surface area contributed by atoms with Gasteiger partial charge in [0.25, 0.3) is 5.91 Å². The van der Waals surface area contributed by atoms with Gasteiger partial charge in [-0.2, -0.15) is 0 Å². The summed E-state index contributed by atoms with van der Waals surface area (Å²) in [5.74, 6) is -2.98. The van der Waals surface area contributed by atoms with Crippen LogP contribution in [0.2, 0.25) is 0 Å². The minimum Gasteiger partial charge on any atom is -0.502 e. The number of amides is 1. The van der Waals surface area contributed by atoms with E-state index in [0.29, 0.717) is 36.9 Å². The maximum atomic E-state index is 15.3. The van der Waals surface area contributed by atoms with Crippen molar-refractivity contribution in [2.45, 2.75) is 31.7 Å². The Morgan fingerprint density at radius 1 is 0.975 bits per heavy atom. The fourth-order valence-corrected chi connectivity index (χ4v) is 7.12. The van der Waals surface area contributed by atoms with E-state index in [9.17, 15) is 19.1 Å². The SMILES string of the molecule is Cc1cccc(CCN2CN(C34c5ccccc5CC3Cc3c4ccc(F)c3F)n3ccc(=O)c(O)c3C2=O)c1. The number of aromatic hydroxyl groups is 1. The summed E-state index contributed by atoms with van der Waals surface area (Å²) in [6, 6.07) is 20.0. The average molecular weight is 540 g/mol. The minimum atomic E-state index is -0.945. The van der Waals surface area contributed by atoms with Crippen molar-refractivity contribution in [1.29, 1.82) is 0 Å². The zero-order chi connectivity index (χ0) is 27.8. The molecule has 8 heteroatoms. The van der Waals surface area contributed by atoms with Gasteiger partial charge >= 0.3 is 0 Å². The quantitative estimate of drug-likeness (QED) is 0.418. The van der Waals surface area contributed by atoms with Crippen molar-refractivity contribution in [1.82, 2.24) is 9.58 Å². The number of hydrogen-bond acceptors (Lipinski definition) is 4. The lowest BCUT2D eigenvalue weighted by molar-refractivity contribution is 0.0649. The molecule has 0 radical (unpaired) electrons. The van der Waals surface area contributed by atoms with E-state index in [0.717, 1.165) is 28.3 Å². The summed E-state index contributed by atoms with van der Waals surface area (Å²) in [6.45, 7) is 2.48. The predicted molar refractivity (Wildman–Crippen MR) is 146 cm³/mol. The lowest BCUT2D eigenvalue weighted by Gasteiger charge is -2.50. The van der Waals surface area contributed by atoms with Gasteiger partial charge in [-0.25, -0.2) is 8.78 Å². The number of carbonyl (C=O) groups excluding carboxylic acids is 1.